The molecule has 1 N–H and O–H groups in total. The Hall–Kier alpha value is -1.42. The van der Waals surface area contributed by atoms with Crippen LogP contribution in [0.1, 0.15) is 33.3 Å². The Morgan fingerprint density at radius 1 is 1.29 bits per heavy atom. The smallest absolute Gasteiger partial charge is 0.340 e. The maximum atomic E-state index is 13.1. The first kappa shape index (κ1) is 13.6. The fourth-order valence-electron chi connectivity index (χ4n) is 1.62. The van der Waals surface area contributed by atoms with Gasteiger partial charge in [-0.2, -0.15) is 0 Å². The van der Waals surface area contributed by atoms with E-state index in [-0.39, 0.29) is 0 Å². The van der Waals surface area contributed by atoms with Crippen LogP contribution in [0.25, 0.3) is 0 Å². The van der Waals surface area contributed by atoms with Crippen molar-refractivity contribution in [1.82, 2.24) is 0 Å². The van der Waals surface area contributed by atoms with Gasteiger partial charge in [-0.25, -0.2) is 9.18 Å². The normalized spacial score (nSPS) is 15.4. The van der Waals surface area contributed by atoms with Crippen LogP contribution in [0.5, 0.6) is 0 Å². The van der Waals surface area contributed by atoms with Crippen molar-refractivity contribution in [3.63, 3.8) is 0 Å². The van der Waals surface area contributed by atoms with Crippen molar-refractivity contribution < 1.29 is 19.0 Å². The van der Waals surface area contributed by atoms with Crippen molar-refractivity contribution in [2.24, 2.45) is 0 Å². The molecule has 0 saturated heterocycles. The second-order valence-corrected chi connectivity index (χ2v) is 5.06. The number of aliphatic carboxylic acids is 1. The van der Waals surface area contributed by atoms with Crippen molar-refractivity contribution in [2.75, 3.05) is 0 Å². The van der Waals surface area contributed by atoms with E-state index in [1.54, 1.807) is 26.8 Å². The largest absolute Gasteiger partial charge is 0.479 e. The van der Waals surface area contributed by atoms with Gasteiger partial charge >= 0.3 is 5.97 Å². The molecule has 3 nitrogen and oxygen atoms in total. The summed E-state index contributed by atoms with van der Waals surface area (Å²) < 4.78 is 18.7. The summed E-state index contributed by atoms with van der Waals surface area (Å²) in [5.41, 5.74) is -1.90. The van der Waals surface area contributed by atoms with E-state index in [0.717, 1.165) is 0 Å². The predicted molar refractivity (Wildman–Crippen MR) is 62.2 cm³/mol. The minimum Gasteiger partial charge on any atom is -0.479 e. The van der Waals surface area contributed by atoms with Gasteiger partial charge in [-0.05, 0) is 45.4 Å². The minimum atomic E-state index is -1.56. The predicted octanol–water partition coefficient (Wildman–Crippen LogP) is 2.94. The van der Waals surface area contributed by atoms with Gasteiger partial charge < -0.3 is 9.84 Å². The molecule has 0 bridgehead atoms. The summed E-state index contributed by atoms with van der Waals surface area (Å²) in [7, 11) is 0. The molecule has 0 fully saturated rings. The molecule has 17 heavy (non-hydrogen) atoms. The lowest BCUT2D eigenvalue weighted by Gasteiger charge is -2.33. The van der Waals surface area contributed by atoms with Gasteiger partial charge in [-0.3, -0.25) is 0 Å². The lowest BCUT2D eigenvalue weighted by atomic mass is 9.94. The second-order valence-electron chi connectivity index (χ2n) is 5.06. The van der Waals surface area contributed by atoms with Crippen molar-refractivity contribution in [1.29, 1.82) is 0 Å². The van der Waals surface area contributed by atoms with E-state index in [4.69, 9.17) is 4.74 Å². The number of hydrogen-bond donors (Lipinski definition) is 1. The number of rotatable bonds is 3. The number of benzene rings is 1. The Morgan fingerprint density at radius 2 is 1.88 bits per heavy atom. The van der Waals surface area contributed by atoms with Gasteiger partial charge in [-0.15, -0.1) is 0 Å². The SMILES string of the molecule is CC(C)(C)OC(C)(C(=O)O)c1cccc(F)c1. The number of carboxylic acid groups (broad SMARTS) is 1. The van der Waals surface area contributed by atoms with Crippen molar-refractivity contribution >= 4 is 5.97 Å². The molecule has 94 valence electrons. The molecule has 0 heterocycles. The second kappa shape index (κ2) is 4.45. The fourth-order valence-corrected chi connectivity index (χ4v) is 1.62. The van der Waals surface area contributed by atoms with Crippen LogP contribution < -0.4 is 0 Å². The monoisotopic (exact) mass is 240 g/mol. The third kappa shape index (κ3) is 3.27. The first-order chi connectivity index (χ1) is 7.65. The maximum Gasteiger partial charge on any atom is 0.340 e. The fraction of sp³-hybridized carbons (Fsp3) is 0.462. The third-order valence-corrected chi connectivity index (χ3v) is 2.29. The van der Waals surface area contributed by atoms with Crippen LogP contribution in [-0.4, -0.2) is 16.7 Å². The molecular weight excluding hydrogens is 223 g/mol. The van der Waals surface area contributed by atoms with E-state index in [1.807, 2.05) is 0 Å². The summed E-state index contributed by atoms with van der Waals surface area (Å²) in [6, 6.07) is 5.46. The van der Waals surface area contributed by atoms with Crippen LogP contribution in [0.2, 0.25) is 0 Å². The Labute approximate surface area is 100 Å². The van der Waals surface area contributed by atoms with E-state index < -0.39 is 23.0 Å². The Balaban J connectivity index is 3.21. The first-order valence-corrected chi connectivity index (χ1v) is 5.35. The molecule has 4 heteroatoms. The zero-order chi connectivity index (χ0) is 13.3. The highest BCUT2D eigenvalue weighted by molar-refractivity contribution is 5.79. The van der Waals surface area contributed by atoms with Gasteiger partial charge in [0.15, 0.2) is 5.60 Å². The summed E-state index contributed by atoms with van der Waals surface area (Å²) in [5.74, 6) is -1.62. The van der Waals surface area contributed by atoms with Crippen LogP contribution in [0.15, 0.2) is 24.3 Å². The molecule has 0 aromatic heterocycles. The quantitative estimate of drug-likeness (QED) is 0.883. The molecule has 0 spiro atoms. The molecule has 1 atom stereocenters. The molecular formula is C13H17FO3. The average molecular weight is 240 g/mol. The zero-order valence-corrected chi connectivity index (χ0v) is 10.5. The summed E-state index contributed by atoms with van der Waals surface area (Å²) in [6.45, 7) is 6.70. The van der Waals surface area contributed by atoms with Crippen LogP contribution in [0, 0.1) is 5.82 Å². The topological polar surface area (TPSA) is 46.5 Å². The number of hydrogen-bond acceptors (Lipinski definition) is 2. The number of halogens is 1. The molecule has 0 radical (unpaired) electrons. The van der Waals surface area contributed by atoms with Gasteiger partial charge in [0.2, 0.25) is 0 Å². The van der Waals surface area contributed by atoms with Gasteiger partial charge in [0.25, 0.3) is 0 Å². The minimum absolute atomic E-state index is 0.292. The van der Waals surface area contributed by atoms with Gasteiger partial charge in [0.1, 0.15) is 5.82 Å². The standard InChI is InChI=1S/C13H17FO3/c1-12(2,3)17-13(4,11(15)16)9-6-5-7-10(14)8-9/h5-8H,1-4H3,(H,15,16). The molecule has 1 aromatic carbocycles. The lowest BCUT2D eigenvalue weighted by molar-refractivity contribution is -0.183. The summed E-state index contributed by atoms with van der Waals surface area (Å²) >= 11 is 0. The molecule has 0 aliphatic carbocycles. The van der Waals surface area contributed by atoms with E-state index >= 15 is 0 Å². The summed E-state index contributed by atoms with van der Waals surface area (Å²) in [6.07, 6.45) is 0. The van der Waals surface area contributed by atoms with Gasteiger partial charge in [-0.1, -0.05) is 12.1 Å². The molecule has 1 unspecified atom stereocenters. The molecule has 0 aliphatic rings. The zero-order valence-electron chi connectivity index (χ0n) is 10.5. The molecule has 1 aromatic rings. The maximum absolute atomic E-state index is 13.1. The van der Waals surface area contributed by atoms with Gasteiger partial charge in [0.05, 0.1) is 5.60 Å². The molecule has 0 aliphatic heterocycles. The molecule has 0 saturated carbocycles. The molecule has 1 rings (SSSR count). The Bertz CT molecular complexity index is 423. The van der Waals surface area contributed by atoms with Crippen LogP contribution in [0.4, 0.5) is 4.39 Å². The number of carbonyl (C=O) groups is 1. The average Bonchev–Trinajstić information content (AvgIpc) is 2.14. The number of ether oxygens (including phenoxy) is 1. The van der Waals surface area contributed by atoms with Crippen molar-refractivity contribution in [3.05, 3.63) is 35.6 Å². The summed E-state index contributed by atoms with van der Waals surface area (Å²) in [4.78, 5) is 11.4. The third-order valence-electron chi connectivity index (χ3n) is 2.29. The van der Waals surface area contributed by atoms with Crippen molar-refractivity contribution in [2.45, 2.75) is 38.9 Å². The van der Waals surface area contributed by atoms with E-state index in [2.05, 4.69) is 0 Å². The number of carboxylic acids is 1. The van der Waals surface area contributed by atoms with Crippen LogP contribution in [0.3, 0.4) is 0 Å². The van der Waals surface area contributed by atoms with Crippen LogP contribution >= 0.6 is 0 Å². The Morgan fingerprint density at radius 3 is 2.29 bits per heavy atom. The first-order valence-electron chi connectivity index (χ1n) is 5.35. The highest BCUT2D eigenvalue weighted by Gasteiger charge is 2.40. The van der Waals surface area contributed by atoms with Gasteiger partial charge in [0, 0.05) is 0 Å². The van der Waals surface area contributed by atoms with E-state index in [9.17, 15) is 14.3 Å². The van der Waals surface area contributed by atoms with Crippen molar-refractivity contribution in [3.8, 4) is 0 Å². The summed E-state index contributed by atoms with van der Waals surface area (Å²) in [5, 5.41) is 9.29. The highest BCUT2D eigenvalue weighted by Crippen LogP contribution is 2.31. The lowest BCUT2D eigenvalue weighted by Crippen LogP contribution is -2.41. The highest BCUT2D eigenvalue weighted by atomic mass is 19.1. The van der Waals surface area contributed by atoms with E-state index in [1.165, 1.54) is 25.1 Å². The van der Waals surface area contributed by atoms with E-state index in [0.29, 0.717) is 5.56 Å². The van der Waals surface area contributed by atoms with Crippen LogP contribution in [-0.2, 0) is 15.1 Å². The Kier molecular flexibility index (Phi) is 3.57. The molecule has 0 amide bonds.